The summed E-state index contributed by atoms with van der Waals surface area (Å²) in [6.07, 6.45) is 3.51. The van der Waals surface area contributed by atoms with E-state index in [-0.39, 0.29) is 18.5 Å². The van der Waals surface area contributed by atoms with E-state index >= 15 is 0 Å². The van der Waals surface area contributed by atoms with Crippen molar-refractivity contribution in [3.05, 3.63) is 96.1 Å². The molecule has 0 spiro atoms. The highest BCUT2D eigenvalue weighted by Crippen LogP contribution is 2.42. The SMILES string of the molecule is O=C(COC(=O)C1(c2ccccc2)CCCC1)Nc1ccc(N2CCN(Cc3ccccc3)CC2)cc1. The van der Waals surface area contributed by atoms with E-state index < -0.39 is 5.41 Å². The van der Waals surface area contributed by atoms with E-state index in [1.54, 1.807) is 0 Å². The van der Waals surface area contributed by atoms with Crippen molar-refractivity contribution in [3.63, 3.8) is 0 Å². The van der Waals surface area contributed by atoms with Crippen molar-refractivity contribution in [1.29, 1.82) is 0 Å². The smallest absolute Gasteiger partial charge is 0.317 e. The number of anilines is 2. The van der Waals surface area contributed by atoms with Gasteiger partial charge in [0.15, 0.2) is 6.61 Å². The van der Waals surface area contributed by atoms with E-state index in [1.165, 1.54) is 5.56 Å². The fourth-order valence-corrected chi connectivity index (χ4v) is 5.57. The van der Waals surface area contributed by atoms with Crippen molar-refractivity contribution in [2.45, 2.75) is 37.6 Å². The number of benzene rings is 3. The van der Waals surface area contributed by atoms with Crippen LogP contribution in [0.1, 0.15) is 36.8 Å². The van der Waals surface area contributed by atoms with Gasteiger partial charge in [-0.25, -0.2) is 0 Å². The van der Waals surface area contributed by atoms with Crippen molar-refractivity contribution in [1.82, 2.24) is 4.90 Å². The Kier molecular flexibility index (Phi) is 7.85. The van der Waals surface area contributed by atoms with Gasteiger partial charge >= 0.3 is 5.97 Å². The molecule has 3 aromatic rings. The maximum absolute atomic E-state index is 13.1. The van der Waals surface area contributed by atoms with Gasteiger partial charge in [-0.15, -0.1) is 0 Å². The first-order valence-corrected chi connectivity index (χ1v) is 13.3. The van der Waals surface area contributed by atoms with Gasteiger partial charge in [0.25, 0.3) is 5.91 Å². The summed E-state index contributed by atoms with van der Waals surface area (Å²) in [6.45, 7) is 4.68. The molecule has 1 N–H and O–H groups in total. The Hall–Kier alpha value is -3.64. The van der Waals surface area contributed by atoms with Gasteiger partial charge in [-0.05, 0) is 48.2 Å². The molecule has 2 fully saturated rings. The van der Waals surface area contributed by atoms with E-state index in [2.05, 4.69) is 45.4 Å². The summed E-state index contributed by atoms with van der Waals surface area (Å²) < 4.78 is 5.53. The molecule has 192 valence electrons. The summed E-state index contributed by atoms with van der Waals surface area (Å²) >= 11 is 0. The fourth-order valence-electron chi connectivity index (χ4n) is 5.57. The molecule has 1 aliphatic heterocycles. The minimum Gasteiger partial charge on any atom is -0.455 e. The van der Waals surface area contributed by atoms with Crippen LogP contribution in [-0.2, 0) is 26.3 Å². The zero-order valence-corrected chi connectivity index (χ0v) is 21.3. The second kappa shape index (κ2) is 11.6. The predicted octanol–water partition coefficient (Wildman–Crippen LogP) is 5.00. The van der Waals surface area contributed by atoms with Crippen LogP contribution in [0.5, 0.6) is 0 Å². The van der Waals surface area contributed by atoms with Gasteiger partial charge in [0.1, 0.15) is 0 Å². The van der Waals surface area contributed by atoms with E-state index in [1.807, 2.05) is 54.6 Å². The summed E-state index contributed by atoms with van der Waals surface area (Å²) in [5, 5.41) is 2.86. The second-order valence-electron chi connectivity index (χ2n) is 10.1. The molecule has 6 nitrogen and oxygen atoms in total. The Morgan fingerprint density at radius 1 is 0.784 bits per heavy atom. The number of carbonyl (C=O) groups excluding carboxylic acids is 2. The molecule has 0 aromatic heterocycles. The van der Waals surface area contributed by atoms with E-state index in [4.69, 9.17) is 4.74 Å². The molecular weight excluding hydrogens is 462 g/mol. The maximum Gasteiger partial charge on any atom is 0.317 e. The molecule has 0 atom stereocenters. The number of amides is 1. The number of nitrogens with one attached hydrogen (secondary N) is 1. The lowest BCUT2D eigenvalue weighted by molar-refractivity contribution is -0.153. The Morgan fingerprint density at radius 2 is 1.41 bits per heavy atom. The highest BCUT2D eigenvalue weighted by Gasteiger charge is 2.44. The van der Waals surface area contributed by atoms with E-state index in [9.17, 15) is 9.59 Å². The average Bonchev–Trinajstić information content (AvgIpc) is 3.45. The van der Waals surface area contributed by atoms with Gasteiger partial charge in [-0.1, -0.05) is 73.5 Å². The van der Waals surface area contributed by atoms with Crippen LogP contribution in [0.25, 0.3) is 0 Å². The van der Waals surface area contributed by atoms with Crippen LogP contribution in [0.3, 0.4) is 0 Å². The number of rotatable bonds is 8. The molecule has 1 saturated carbocycles. The number of piperazine rings is 1. The molecule has 6 heteroatoms. The lowest BCUT2D eigenvalue weighted by atomic mass is 9.79. The quantitative estimate of drug-likeness (QED) is 0.444. The molecule has 0 radical (unpaired) electrons. The van der Waals surface area contributed by atoms with Crippen LogP contribution in [0.4, 0.5) is 11.4 Å². The first-order valence-electron chi connectivity index (χ1n) is 13.3. The highest BCUT2D eigenvalue weighted by atomic mass is 16.5. The van der Waals surface area contributed by atoms with Crippen LogP contribution >= 0.6 is 0 Å². The average molecular weight is 498 g/mol. The number of nitrogens with zero attached hydrogens (tertiary/aromatic N) is 2. The minimum absolute atomic E-state index is 0.279. The Bertz CT molecular complexity index is 1170. The zero-order chi connectivity index (χ0) is 25.5. The molecule has 0 unspecified atom stereocenters. The van der Waals surface area contributed by atoms with Crippen molar-refractivity contribution in [3.8, 4) is 0 Å². The van der Waals surface area contributed by atoms with E-state index in [0.717, 1.165) is 69.7 Å². The standard InChI is InChI=1S/C31H35N3O3/c35-29(24-37-30(36)31(17-7-8-18-31)26-11-5-2-6-12-26)32-27-13-15-28(16-14-27)34-21-19-33(20-22-34)23-25-9-3-1-4-10-25/h1-6,9-16H,7-8,17-24H2,(H,32,35). The van der Waals surface area contributed by atoms with Crippen molar-refractivity contribution in [2.75, 3.05) is 43.0 Å². The van der Waals surface area contributed by atoms with Crippen LogP contribution in [-0.4, -0.2) is 49.6 Å². The lowest BCUT2D eigenvalue weighted by Gasteiger charge is -2.36. The molecule has 1 aliphatic carbocycles. The first kappa shape index (κ1) is 25.0. The molecule has 3 aromatic carbocycles. The molecule has 1 saturated heterocycles. The van der Waals surface area contributed by atoms with Crippen molar-refractivity contribution in [2.24, 2.45) is 0 Å². The highest BCUT2D eigenvalue weighted by molar-refractivity contribution is 5.94. The molecule has 37 heavy (non-hydrogen) atoms. The number of carbonyl (C=O) groups is 2. The Morgan fingerprint density at radius 3 is 2.05 bits per heavy atom. The summed E-state index contributed by atoms with van der Waals surface area (Å²) in [6, 6.07) is 28.3. The van der Waals surface area contributed by atoms with Crippen molar-refractivity contribution >= 4 is 23.3 Å². The maximum atomic E-state index is 13.1. The molecular formula is C31H35N3O3. The third kappa shape index (κ3) is 6.03. The van der Waals surface area contributed by atoms with Gasteiger partial charge < -0.3 is 15.0 Å². The van der Waals surface area contributed by atoms with Gasteiger partial charge in [-0.3, -0.25) is 14.5 Å². The summed E-state index contributed by atoms with van der Waals surface area (Å²) in [4.78, 5) is 30.5. The molecule has 0 bridgehead atoms. The third-order valence-electron chi connectivity index (χ3n) is 7.65. The van der Waals surface area contributed by atoms with Crippen molar-refractivity contribution < 1.29 is 14.3 Å². The number of hydrogen-bond acceptors (Lipinski definition) is 5. The van der Waals surface area contributed by atoms with Crippen LogP contribution in [0.15, 0.2) is 84.9 Å². The van der Waals surface area contributed by atoms with Gasteiger partial charge in [0.2, 0.25) is 0 Å². The van der Waals surface area contributed by atoms with Gasteiger partial charge in [-0.2, -0.15) is 0 Å². The summed E-state index contributed by atoms with van der Waals surface area (Å²) in [5.74, 6) is -0.620. The first-order chi connectivity index (χ1) is 18.1. The second-order valence-corrected chi connectivity index (χ2v) is 10.1. The molecule has 5 rings (SSSR count). The van der Waals surface area contributed by atoms with Gasteiger partial charge in [0, 0.05) is 44.1 Å². The van der Waals surface area contributed by atoms with E-state index in [0.29, 0.717) is 5.69 Å². The Balaban J connectivity index is 1.09. The normalized spacial score (nSPS) is 17.4. The van der Waals surface area contributed by atoms with Gasteiger partial charge in [0.05, 0.1) is 5.41 Å². The Labute approximate surface area is 219 Å². The monoisotopic (exact) mass is 497 g/mol. The lowest BCUT2D eigenvalue weighted by Crippen LogP contribution is -2.45. The number of ether oxygens (including phenoxy) is 1. The number of esters is 1. The zero-order valence-electron chi connectivity index (χ0n) is 21.3. The summed E-state index contributed by atoms with van der Waals surface area (Å²) in [5.41, 5.74) is 3.55. The minimum atomic E-state index is -0.631. The van der Waals surface area contributed by atoms with Crippen LogP contribution < -0.4 is 10.2 Å². The predicted molar refractivity (Wildman–Crippen MR) is 147 cm³/mol. The largest absolute Gasteiger partial charge is 0.455 e. The molecule has 1 heterocycles. The van der Waals surface area contributed by atoms with Crippen LogP contribution in [0.2, 0.25) is 0 Å². The fraction of sp³-hybridized carbons (Fsp3) is 0.355. The topological polar surface area (TPSA) is 61.9 Å². The number of hydrogen-bond donors (Lipinski definition) is 1. The molecule has 1 amide bonds. The molecule has 2 aliphatic rings. The van der Waals surface area contributed by atoms with Crippen LogP contribution in [0, 0.1) is 0 Å². The third-order valence-corrected chi connectivity index (χ3v) is 7.65. The summed E-state index contributed by atoms with van der Waals surface area (Å²) in [7, 11) is 0.